The number of carbonyl (C=O) groups excluding carboxylic acids is 2. The largest absolute Gasteiger partial charge is 0.542 e. The summed E-state index contributed by atoms with van der Waals surface area (Å²) < 4.78 is 36.8. The van der Waals surface area contributed by atoms with E-state index in [4.69, 9.17) is 14.6 Å². The number of hydrogen-bond donors (Lipinski definition) is 0. The van der Waals surface area contributed by atoms with E-state index in [9.17, 15) is 18.0 Å². The normalized spacial score (nSPS) is 12.6. The summed E-state index contributed by atoms with van der Waals surface area (Å²) in [5, 5.41) is 10.0. The van der Waals surface area contributed by atoms with Crippen LogP contribution in [0.25, 0.3) is 0 Å². The minimum Gasteiger partial charge on any atom is -0.542 e. The van der Waals surface area contributed by atoms with Crippen molar-refractivity contribution in [2.45, 2.75) is 79.3 Å². The Morgan fingerprint density at radius 3 is 1.55 bits per heavy atom. The van der Waals surface area contributed by atoms with Crippen molar-refractivity contribution in [3.05, 3.63) is 11.9 Å². The molecule has 0 aliphatic heterocycles. The Bertz CT molecular complexity index is 471. The highest BCUT2D eigenvalue weighted by Crippen LogP contribution is 2.68. The van der Waals surface area contributed by atoms with Crippen LogP contribution in [0.3, 0.4) is 0 Å². The smallest absolute Gasteiger partial charge is 0.430 e. The zero-order chi connectivity index (χ0) is 23.1. The Hall–Kier alpha value is -1.10. The monoisotopic (exact) mass is 442 g/mol. The average molecular weight is 442 g/mol. The van der Waals surface area contributed by atoms with E-state index >= 15 is 0 Å². The molecule has 29 heavy (non-hydrogen) atoms. The number of unbranched alkanes of at least 4 members (excludes halogenated alkanes) is 3. The first-order valence-electron chi connectivity index (χ1n) is 10.4. The molecule has 0 rings (SSSR count). The highest BCUT2D eigenvalue weighted by atomic mass is 31.2. The van der Waals surface area contributed by atoms with Crippen molar-refractivity contribution in [1.82, 2.24) is 0 Å². The van der Waals surface area contributed by atoms with Crippen LogP contribution in [0.5, 0.6) is 0 Å². The van der Waals surface area contributed by atoms with Crippen molar-refractivity contribution in [2.75, 3.05) is 25.1 Å². The van der Waals surface area contributed by atoms with Crippen molar-refractivity contribution in [3.63, 3.8) is 0 Å². The van der Waals surface area contributed by atoms with E-state index in [0.717, 1.165) is 0 Å². The molecule has 4 nitrogen and oxygen atoms in total. The third kappa shape index (κ3) is 12.2. The molecule has 0 saturated heterocycles. The molecule has 1 unspecified atom stereocenters. The maximum atomic E-state index is 12.2. The molecule has 0 aliphatic rings. The van der Waals surface area contributed by atoms with Gasteiger partial charge in [-0.1, -0.05) is 46.6 Å². The van der Waals surface area contributed by atoms with Gasteiger partial charge in [0.1, 0.15) is 11.9 Å². The summed E-state index contributed by atoms with van der Waals surface area (Å²) in [6.45, 7) is 15.5. The first-order chi connectivity index (χ1) is 13.4. The molecule has 8 heteroatoms. The van der Waals surface area contributed by atoms with Crippen LogP contribution in [-0.2, 0) is 14.3 Å². The van der Waals surface area contributed by atoms with E-state index < -0.39 is 19.4 Å². The Morgan fingerprint density at radius 1 is 0.966 bits per heavy atom. The number of halogens is 3. The zero-order valence-electron chi connectivity index (χ0n) is 18.6. The van der Waals surface area contributed by atoms with Crippen molar-refractivity contribution < 1.29 is 32.6 Å². The minimum absolute atomic E-state index is 0.0821. The van der Waals surface area contributed by atoms with Gasteiger partial charge in [-0.15, -0.1) is 0 Å². The lowest BCUT2D eigenvalue weighted by atomic mass is 10.2. The maximum absolute atomic E-state index is 12.2. The molecule has 172 valence electrons. The van der Waals surface area contributed by atoms with Crippen LogP contribution in [-0.4, -0.2) is 43.2 Å². The Kier molecular flexibility index (Phi) is 16.3. The van der Waals surface area contributed by atoms with E-state index in [-0.39, 0.29) is 11.9 Å². The van der Waals surface area contributed by atoms with E-state index in [0.29, 0.717) is 6.61 Å². The van der Waals surface area contributed by atoms with Gasteiger partial charge in [-0.2, -0.15) is 13.2 Å². The second-order valence-electron chi connectivity index (χ2n) is 7.13. The Balaban J connectivity index is 0. The number of carboxylic acids is 1. The van der Waals surface area contributed by atoms with Gasteiger partial charge in [0.25, 0.3) is 0 Å². The van der Waals surface area contributed by atoms with Crippen LogP contribution in [0, 0.1) is 5.92 Å². The van der Waals surface area contributed by atoms with Crippen LogP contribution >= 0.6 is 7.26 Å². The minimum atomic E-state index is -5.19. The number of ether oxygens (including phenoxy) is 1. The second kappa shape index (κ2) is 15.7. The lowest BCUT2D eigenvalue weighted by molar-refractivity contribution is -0.344. The number of carboxylic acid groups (broad SMARTS) is 1. The highest BCUT2D eigenvalue weighted by Gasteiger charge is 2.43. The van der Waals surface area contributed by atoms with Gasteiger partial charge in [-0.25, -0.2) is 0 Å². The fraction of sp³-hybridized carbons (Fsp3) is 0.810. The molecule has 0 aromatic heterocycles. The molecule has 0 heterocycles. The molecule has 0 saturated carbocycles. The summed E-state index contributed by atoms with van der Waals surface area (Å²) in [6.07, 6.45) is 6.06. The van der Waals surface area contributed by atoms with Gasteiger partial charge in [0.05, 0.1) is 30.4 Å². The molecule has 0 radical (unpaired) electrons. The van der Waals surface area contributed by atoms with Crippen molar-refractivity contribution in [1.29, 1.82) is 0 Å². The quantitative estimate of drug-likeness (QED) is 0.282. The zero-order valence-corrected chi connectivity index (χ0v) is 19.5. The number of alkyl halides is 3. The average Bonchev–Trinajstić information content (AvgIpc) is 2.66. The Morgan fingerprint density at radius 2 is 1.31 bits per heavy atom. The van der Waals surface area contributed by atoms with Gasteiger partial charge in [0.2, 0.25) is 0 Å². The molecule has 0 aromatic rings. The third-order valence-electron chi connectivity index (χ3n) is 4.80. The number of aliphatic carboxylic acids is 1. The SMILES string of the molecule is C=C(C(C)C(=O)OCC)[P+](CCCC)(CCCC)CCCC.O=C([O-])C(F)(F)F. The lowest BCUT2D eigenvalue weighted by Crippen LogP contribution is -2.37. The molecule has 0 fully saturated rings. The van der Waals surface area contributed by atoms with Crippen molar-refractivity contribution in [2.24, 2.45) is 5.92 Å². The molecular weight excluding hydrogens is 404 g/mol. The first kappa shape index (κ1) is 30.1. The van der Waals surface area contributed by atoms with Gasteiger partial charge in [-0.3, -0.25) is 4.79 Å². The number of esters is 1. The molecule has 0 aliphatic carbocycles. The number of rotatable bonds is 13. The third-order valence-corrected chi connectivity index (χ3v) is 9.92. The second-order valence-corrected chi connectivity index (χ2v) is 11.3. The fourth-order valence-corrected chi connectivity index (χ4v) is 8.19. The van der Waals surface area contributed by atoms with Crippen molar-refractivity contribution in [3.8, 4) is 0 Å². The van der Waals surface area contributed by atoms with Crippen LogP contribution in [0.1, 0.15) is 73.1 Å². The predicted octanol–water partition coefficient (Wildman–Crippen LogP) is 5.42. The van der Waals surface area contributed by atoms with E-state index in [1.165, 1.54) is 62.3 Å². The van der Waals surface area contributed by atoms with Gasteiger partial charge in [0, 0.05) is 7.26 Å². The van der Waals surface area contributed by atoms with Crippen LogP contribution in [0.15, 0.2) is 11.9 Å². The van der Waals surface area contributed by atoms with Crippen LogP contribution < -0.4 is 5.11 Å². The molecule has 0 aromatic carbocycles. The van der Waals surface area contributed by atoms with E-state index in [1.54, 1.807) is 0 Å². The van der Waals surface area contributed by atoms with Gasteiger partial charge in [0.15, 0.2) is 0 Å². The Labute approximate surface area is 174 Å². The molecule has 1 atom stereocenters. The molecule has 0 spiro atoms. The van der Waals surface area contributed by atoms with Crippen LogP contribution in [0.4, 0.5) is 13.2 Å². The van der Waals surface area contributed by atoms with Crippen molar-refractivity contribution >= 4 is 19.2 Å². The molecule has 0 N–H and O–H groups in total. The number of carbonyl (C=O) groups is 2. The van der Waals surface area contributed by atoms with Crippen LogP contribution in [0.2, 0.25) is 0 Å². The topological polar surface area (TPSA) is 66.4 Å². The lowest BCUT2D eigenvalue weighted by Gasteiger charge is -2.31. The van der Waals surface area contributed by atoms with Gasteiger partial charge in [-0.05, 0) is 33.1 Å². The summed E-state index contributed by atoms with van der Waals surface area (Å²) in [7, 11) is -1.27. The summed E-state index contributed by atoms with van der Waals surface area (Å²) >= 11 is 0. The van der Waals surface area contributed by atoms with E-state index in [1.807, 2.05) is 13.8 Å². The summed E-state index contributed by atoms with van der Waals surface area (Å²) in [4.78, 5) is 21.0. The summed E-state index contributed by atoms with van der Waals surface area (Å²) in [5.74, 6) is -3.23. The highest BCUT2D eigenvalue weighted by molar-refractivity contribution is 7.79. The fourth-order valence-electron chi connectivity index (χ4n) is 2.96. The standard InChI is InChI=1S/C19H38O2P.C2HF3O2/c1-7-11-14-22(15-12-8-2,16-13-9-3)18(6)17(5)19(20)21-10-4;3-2(4,5)1(6)7/h17H,6-16H2,1-5H3;(H,6,7)/q+1;/p-1. The number of hydrogen-bond acceptors (Lipinski definition) is 4. The molecular formula is C21H38F3O4P. The maximum Gasteiger partial charge on any atom is 0.430 e. The first-order valence-corrected chi connectivity index (χ1v) is 12.8. The summed E-state index contributed by atoms with van der Waals surface area (Å²) in [5.41, 5.74) is 0. The predicted molar refractivity (Wildman–Crippen MR) is 112 cm³/mol. The van der Waals surface area contributed by atoms with E-state index in [2.05, 4.69) is 27.4 Å². The van der Waals surface area contributed by atoms with Gasteiger partial charge < -0.3 is 14.6 Å². The molecule has 0 bridgehead atoms. The summed E-state index contributed by atoms with van der Waals surface area (Å²) in [6, 6.07) is 0. The van der Waals surface area contributed by atoms with Gasteiger partial charge >= 0.3 is 12.1 Å². The molecule has 0 amide bonds.